The van der Waals surface area contributed by atoms with Gasteiger partial charge in [-0.3, -0.25) is 14.8 Å². The molecule has 4 heteroatoms. The van der Waals surface area contributed by atoms with Crippen LogP contribution in [0, 0.1) is 5.92 Å². The van der Waals surface area contributed by atoms with Crippen molar-refractivity contribution >= 4 is 0 Å². The van der Waals surface area contributed by atoms with Crippen molar-refractivity contribution in [3.8, 4) is 0 Å². The molecule has 28 heavy (non-hydrogen) atoms. The summed E-state index contributed by atoms with van der Waals surface area (Å²) < 4.78 is 0. The molecule has 0 spiro atoms. The van der Waals surface area contributed by atoms with E-state index in [1.54, 1.807) is 0 Å². The van der Waals surface area contributed by atoms with Crippen LogP contribution in [0.4, 0.5) is 0 Å². The molecular formula is C24H36N4. The second-order valence-electron chi connectivity index (χ2n) is 8.72. The fourth-order valence-electron chi connectivity index (χ4n) is 4.85. The normalized spacial score (nSPS) is 23.0. The number of likely N-dealkylation sites (N-methyl/N-ethyl adjacent to an activating group) is 2. The summed E-state index contributed by atoms with van der Waals surface area (Å²) in [5.41, 5.74) is 6.46. The first-order valence-corrected chi connectivity index (χ1v) is 10.4. The van der Waals surface area contributed by atoms with E-state index in [4.69, 9.17) is 0 Å². The molecule has 1 aliphatic rings. The highest BCUT2D eigenvalue weighted by molar-refractivity contribution is 5.30. The molecule has 0 aliphatic carbocycles. The predicted molar refractivity (Wildman–Crippen MR) is 118 cm³/mol. The van der Waals surface area contributed by atoms with Crippen molar-refractivity contribution < 1.29 is 0 Å². The average Bonchev–Trinajstić information content (AvgIpc) is 2.92. The quantitative estimate of drug-likeness (QED) is 0.728. The van der Waals surface area contributed by atoms with Crippen LogP contribution >= 0.6 is 0 Å². The Balaban J connectivity index is 2.02. The molecule has 1 N–H and O–H groups in total. The van der Waals surface area contributed by atoms with Gasteiger partial charge < -0.3 is 0 Å². The largest absolute Gasteiger partial charge is 0.281 e. The van der Waals surface area contributed by atoms with Crippen molar-refractivity contribution in [2.45, 2.75) is 44.6 Å². The first-order valence-electron chi connectivity index (χ1n) is 10.4. The van der Waals surface area contributed by atoms with Crippen molar-refractivity contribution in [1.29, 1.82) is 0 Å². The van der Waals surface area contributed by atoms with Crippen LogP contribution < -0.4 is 5.43 Å². The molecule has 0 amide bonds. The van der Waals surface area contributed by atoms with E-state index in [0.29, 0.717) is 30.2 Å². The maximum Gasteiger partial charge on any atom is 0.0801 e. The Morgan fingerprint density at radius 1 is 0.821 bits per heavy atom. The van der Waals surface area contributed by atoms with Gasteiger partial charge in [0.15, 0.2) is 0 Å². The summed E-state index contributed by atoms with van der Waals surface area (Å²) in [6, 6.07) is 22.9. The van der Waals surface area contributed by atoms with E-state index in [1.165, 1.54) is 11.1 Å². The molecule has 1 heterocycles. The van der Waals surface area contributed by atoms with Gasteiger partial charge in [-0.1, -0.05) is 74.5 Å². The summed E-state index contributed by atoms with van der Waals surface area (Å²) in [5.74, 6) is 0.630. The number of benzene rings is 2. The van der Waals surface area contributed by atoms with E-state index < -0.39 is 0 Å². The molecule has 1 saturated heterocycles. The monoisotopic (exact) mass is 380 g/mol. The van der Waals surface area contributed by atoms with Crippen LogP contribution in [0.1, 0.15) is 43.5 Å². The van der Waals surface area contributed by atoms with Crippen LogP contribution in [0.2, 0.25) is 0 Å². The minimum atomic E-state index is 0.306. The number of nitrogens with zero attached hydrogens (tertiary/aromatic N) is 3. The maximum atomic E-state index is 3.71. The van der Waals surface area contributed by atoms with Gasteiger partial charge in [0.05, 0.1) is 24.3 Å². The Hall–Kier alpha value is -1.72. The van der Waals surface area contributed by atoms with Gasteiger partial charge in [0, 0.05) is 14.1 Å². The zero-order chi connectivity index (χ0) is 20.3. The Morgan fingerprint density at radius 2 is 1.25 bits per heavy atom. The van der Waals surface area contributed by atoms with E-state index in [0.717, 1.165) is 6.42 Å². The number of hydrogen-bond donors (Lipinski definition) is 1. The molecule has 152 valence electrons. The SMILES string of the molecule is CC(C)C[C@@H](NN(C)C)C1N(C)[C@@H](c2ccccc2)[C@H](c2ccccc2)N1C. The lowest BCUT2D eigenvalue weighted by atomic mass is 9.93. The molecular weight excluding hydrogens is 344 g/mol. The molecule has 0 radical (unpaired) electrons. The summed E-state index contributed by atoms with van der Waals surface area (Å²) in [6.07, 6.45) is 1.43. The van der Waals surface area contributed by atoms with E-state index in [1.807, 2.05) is 0 Å². The van der Waals surface area contributed by atoms with Gasteiger partial charge in [0.25, 0.3) is 0 Å². The first-order chi connectivity index (χ1) is 13.4. The second kappa shape index (κ2) is 9.19. The Labute approximate surface area is 171 Å². The molecule has 2 aromatic rings. The highest BCUT2D eigenvalue weighted by Crippen LogP contribution is 2.46. The Bertz CT molecular complexity index is 654. The molecule has 0 unspecified atom stereocenters. The highest BCUT2D eigenvalue weighted by Gasteiger charge is 2.47. The van der Waals surface area contributed by atoms with Crippen LogP contribution in [-0.2, 0) is 0 Å². The van der Waals surface area contributed by atoms with Gasteiger partial charge in [-0.15, -0.1) is 0 Å². The number of rotatable bonds is 7. The molecule has 0 aromatic heterocycles. The average molecular weight is 381 g/mol. The molecule has 4 nitrogen and oxygen atoms in total. The Morgan fingerprint density at radius 3 is 1.61 bits per heavy atom. The lowest BCUT2D eigenvalue weighted by Crippen LogP contribution is -2.55. The summed E-state index contributed by atoms with van der Waals surface area (Å²) in [5, 5.41) is 2.10. The van der Waals surface area contributed by atoms with E-state index in [2.05, 4.69) is 123 Å². The van der Waals surface area contributed by atoms with E-state index in [9.17, 15) is 0 Å². The zero-order valence-corrected chi connectivity index (χ0v) is 18.2. The number of hydrazine groups is 1. The van der Waals surface area contributed by atoms with Gasteiger partial charge >= 0.3 is 0 Å². The highest BCUT2D eigenvalue weighted by atomic mass is 15.5. The van der Waals surface area contributed by atoms with Crippen molar-refractivity contribution in [2.75, 3.05) is 28.2 Å². The minimum Gasteiger partial charge on any atom is -0.281 e. The molecule has 1 fully saturated rings. The lowest BCUT2D eigenvalue weighted by molar-refractivity contribution is 0.0689. The fourth-order valence-corrected chi connectivity index (χ4v) is 4.85. The van der Waals surface area contributed by atoms with Gasteiger partial charge in [-0.2, -0.15) is 0 Å². The van der Waals surface area contributed by atoms with Gasteiger partial charge in [-0.25, -0.2) is 5.43 Å². The van der Waals surface area contributed by atoms with E-state index in [-0.39, 0.29) is 0 Å². The lowest BCUT2D eigenvalue weighted by Gasteiger charge is -2.37. The smallest absolute Gasteiger partial charge is 0.0801 e. The fraction of sp³-hybridized carbons (Fsp3) is 0.500. The topological polar surface area (TPSA) is 21.8 Å². The van der Waals surface area contributed by atoms with Crippen LogP contribution in [0.5, 0.6) is 0 Å². The van der Waals surface area contributed by atoms with Crippen LogP contribution in [0.25, 0.3) is 0 Å². The predicted octanol–water partition coefficient (Wildman–Crippen LogP) is 4.15. The molecule has 0 saturated carbocycles. The summed E-state index contributed by atoms with van der Waals surface area (Å²) in [7, 11) is 8.75. The molecule has 1 aliphatic heterocycles. The third-order valence-electron chi connectivity index (χ3n) is 5.80. The van der Waals surface area contributed by atoms with Crippen molar-refractivity contribution in [2.24, 2.45) is 5.92 Å². The molecule has 0 bridgehead atoms. The van der Waals surface area contributed by atoms with Crippen molar-refractivity contribution in [1.82, 2.24) is 20.2 Å². The van der Waals surface area contributed by atoms with Gasteiger partial charge in [0.1, 0.15) is 0 Å². The number of nitrogens with one attached hydrogen (secondary N) is 1. The van der Waals surface area contributed by atoms with Crippen LogP contribution in [0.3, 0.4) is 0 Å². The molecule has 3 atom stereocenters. The minimum absolute atomic E-state index is 0.306. The molecule has 3 rings (SSSR count). The Kier molecular flexibility index (Phi) is 6.89. The summed E-state index contributed by atoms with van der Waals surface area (Å²) >= 11 is 0. The van der Waals surface area contributed by atoms with Gasteiger partial charge in [0.2, 0.25) is 0 Å². The van der Waals surface area contributed by atoms with Crippen molar-refractivity contribution in [3.63, 3.8) is 0 Å². The first kappa shape index (κ1) is 21.0. The van der Waals surface area contributed by atoms with E-state index >= 15 is 0 Å². The maximum absolute atomic E-state index is 3.71. The number of hydrogen-bond acceptors (Lipinski definition) is 4. The third kappa shape index (κ3) is 4.47. The summed E-state index contributed by atoms with van der Waals surface area (Å²) in [6.45, 7) is 4.62. The van der Waals surface area contributed by atoms with Crippen LogP contribution in [0.15, 0.2) is 60.7 Å². The zero-order valence-electron chi connectivity index (χ0n) is 18.2. The van der Waals surface area contributed by atoms with Crippen LogP contribution in [-0.4, -0.2) is 55.2 Å². The third-order valence-corrected chi connectivity index (χ3v) is 5.80. The van der Waals surface area contributed by atoms with Crippen molar-refractivity contribution in [3.05, 3.63) is 71.8 Å². The molecule has 2 aromatic carbocycles. The standard InChI is InChI=1S/C24H36N4/c1-18(2)17-21(25-26(3)4)24-27(5)22(19-13-9-7-10-14-19)23(28(24)6)20-15-11-8-12-16-20/h7-16,18,21-25H,17H2,1-6H3/t21-,22+,23+/m1/s1. The second-order valence-corrected chi connectivity index (χ2v) is 8.72. The van der Waals surface area contributed by atoms with Gasteiger partial charge in [-0.05, 0) is 37.6 Å². The summed E-state index contributed by atoms with van der Waals surface area (Å²) in [4.78, 5) is 5.13.